The number of hydrogen-bond donors (Lipinski definition) is 0. The third kappa shape index (κ3) is 3.07. The van der Waals surface area contributed by atoms with E-state index in [1.54, 1.807) is 0 Å². The number of nitriles is 1. The number of rotatable bonds is 4. The number of nitrogens with zero attached hydrogens (tertiary/aromatic N) is 4. The van der Waals surface area contributed by atoms with Gasteiger partial charge in [0.1, 0.15) is 5.82 Å². The van der Waals surface area contributed by atoms with Crippen molar-refractivity contribution in [3.63, 3.8) is 0 Å². The van der Waals surface area contributed by atoms with Crippen LogP contribution in [0.25, 0.3) is 11.4 Å². The molecule has 0 N–H and O–H groups in total. The zero-order chi connectivity index (χ0) is 17.2. The van der Waals surface area contributed by atoms with Gasteiger partial charge in [-0.15, -0.1) is 0 Å². The Kier molecular flexibility index (Phi) is 4.09. The van der Waals surface area contributed by atoms with Crippen molar-refractivity contribution in [2.24, 2.45) is 0 Å². The second-order valence-electron chi connectivity index (χ2n) is 6.62. The molecule has 3 aromatic rings. The first-order valence-corrected chi connectivity index (χ1v) is 8.55. The molecule has 0 spiro atoms. The molecule has 1 aliphatic rings. The largest absolute Gasteiger partial charge is 0.323 e. The molecule has 2 aromatic carbocycles. The van der Waals surface area contributed by atoms with Gasteiger partial charge in [-0.3, -0.25) is 4.90 Å². The lowest BCUT2D eigenvalue weighted by Crippen LogP contribution is -2.47. The predicted molar refractivity (Wildman–Crippen MR) is 97.9 cm³/mol. The average Bonchev–Trinajstić information content (AvgIpc) is 3.00. The summed E-state index contributed by atoms with van der Waals surface area (Å²) in [7, 11) is 0. The fourth-order valence-corrected chi connectivity index (χ4v) is 3.49. The van der Waals surface area contributed by atoms with E-state index >= 15 is 0 Å². The van der Waals surface area contributed by atoms with E-state index in [-0.39, 0.29) is 0 Å². The molecule has 25 heavy (non-hydrogen) atoms. The van der Waals surface area contributed by atoms with Crippen molar-refractivity contribution in [1.82, 2.24) is 14.5 Å². The van der Waals surface area contributed by atoms with Crippen LogP contribution in [0.1, 0.15) is 22.9 Å². The Labute approximate surface area is 148 Å². The van der Waals surface area contributed by atoms with E-state index in [4.69, 9.17) is 5.26 Å². The minimum absolute atomic E-state index is 0.469. The molecule has 0 atom stereocenters. The number of aryl methyl sites for hydroxylation is 1. The van der Waals surface area contributed by atoms with Gasteiger partial charge in [0.2, 0.25) is 0 Å². The first kappa shape index (κ1) is 15.6. The molecular weight excluding hydrogens is 308 g/mol. The van der Waals surface area contributed by atoms with E-state index in [9.17, 15) is 0 Å². The van der Waals surface area contributed by atoms with E-state index in [1.807, 2.05) is 36.5 Å². The number of benzene rings is 2. The quantitative estimate of drug-likeness (QED) is 0.732. The number of imidazole rings is 1. The van der Waals surface area contributed by atoms with Gasteiger partial charge >= 0.3 is 0 Å². The Bertz CT molecular complexity index is 897. The van der Waals surface area contributed by atoms with Crippen LogP contribution < -0.4 is 0 Å². The lowest BCUT2D eigenvalue weighted by Gasteiger charge is -2.41. The molecule has 1 aliphatic heterocycles. The van der Waals surface area contributed by atoms with Crippen molar-refractivity contribution < 1.29 is 0 Å². The SMILES string of the molecule is Cc1cnc(-c2ccccc2)n1C1CN(Cc2ccc(C#N)cc2)C1. The first-order valence-electron chi connectivity index (χ1n) is 8.55. The van der Waals surface area contributed by atoms with Gasteiger partial charge in [-0.25, -0.2) is 4.98 Å². The van der Waals surface area contributed by atoms with E-state index in [0.29, 0.717) is 11.6 Å². The molecule has 0 saturated carbocycles. The highest BCUT2D eigenvalue weighted by Gasteiger charge is 2.30. The molecule has 0 amide bonds. The highest BCUT2D eigenvalue weighted by molar-refractivity contribution is 5.56. The van der Waals surface area contributed by atoms with Crippen molar-refractivity contribution in [2.75, 3.05) is 13.1 Å². The standard InChI is InChI=1S/C21H20N4/c1-16-12-23-21(19-5-3-2-4-6-19)25(16)20-14-24(15-20)13-18-9-7-17(11-22)8-10-18/h2-10,12,20H,13-15H2,1H3. The van der Waals surface area contributed by atoms with Gasteiger partial charge in [0, 0.05) is 37.1 Å². The molecule has 0 aliphatic carbocycles. The predicted octanol–water partition coefficient (Wildman–Crippen LogP) is 3.79. The van der Waals surface area contributed by atoms with Crippen LogP contribution in [0.3, 0.4) is 0 Å². The van der Waals surface area contributed by atoms with E-state index < -0.39 is 0 Å². The molecule has 2 heterocycles. The topological polar surface area (TPSA) is 44.9 Å². The van der Waals surface area contributed by atoms with Crippen LogP contribution in [-0.4, -0.2) is 27.5 Å². The minimum atomic E-state index is 0.469. The summed E-state index contributed by atoms with van der Waals surface area (Å²) < 4.78 is 2.37. The summed E-state index contributed by atoms with van der Waals surface area (Å²) in [5, 5.41) is 8.88. The maximum absolute atomic E-state index is 8.88. The number of likely N-dealkylation sites (tertiary alicyclic amines) is 1. The van der Waals surface area contributed by atoms with Gasteiger partial charge in [-0.1, -0.05) is 42.5 Å². The molecule has 4 nitrogen and oxygen atoms in total. The Morgan fingerprint density at radius 1 is 1.08 bits per heavy atom. The van der Waals surface area contributed by atoms with Gasteiger partial charge in [0.15, 0.2) is 0 Å². The Hall–Kier alpha value is -2.90. The lowest BCUT2D eigenvalue weighted by atomic mass is 10.0. The highest BCUT2D eigenvalue weighted by atomic mass is 15.3. The average molecular weight is 328 g/mol. The van der Waals surface area contributed by atoms with Gasteiger partial charge in [-0.2, -0.15) is 5.26 Å². The third-order valence-corrected chi connectivity index (χ3v) is 4.81. The molecule has 0 bridgehead atoms. The van der Waals surface area contributed by atoms with Crippen molar-refractivity contribution >= 4 is 0 Å². The second kappa shape index (κ2) is 6.54. The van der Waals surface area contributed by atoms with Crippen LogP contribution in [0.4, 0.5) is 0 Å². The van der Waals surface area contributed by atoms with Crippen molar-refractivity contribution in [3.8, 4) is 17.5 Å². The van der Waals surface area contributed by atoms with E-state index in [2.05, 4.69) is 51.7 Å². The Morgan fingerprint density at radius 3 is 2.48 bits per heavy atom. The molecule has 4 heteroatoms. The van der Waals surface area contributed by atoms with Gasteiger partial charge in [0.25, 0.3) is 0 Å². The normalized spacial score (nSPS) is 14.9. The first-order chi connectivity index (χ1) is 12.2. The van der Waals surface area contributed by atoms with Crippen LogP contribution in [0, 0.1) is 18.3 Å². The monoisotopic (exact) mass is 328 g/mol. The van der Waals surface area contributed by atoms with Gasteiger partial charge < -0.3 is 4.57 Å². The molecule has 1 aromatic heterocycles. The van der Waals surface area contributed by atoms with Crippen LogP contribution in [0.15, 0.2) is 60.8 Å². The van der Waals surface area contributed by atoms with Crippen LogP contribution in [-0.2, 0) is 6.54 Å². The van der Waals surface area contributed by atoms with Crippen LogP contribution >= 0.6 is 0 Å². The molecular formula is C21H20N4. The molecule has 1 fully saturated rings. The smallest absolute Gasteiger partial charge is 0.140 e. The molecule has 4 rings (SSSR count). The number of aromatic nitrogens is 2. The summed E-state index contributed by atoms with van der Waals surface area (Å²) in [4.78, 5) is 7.06. The summed E-state index contributed by atoms with van der Waals surface area (Å²) in [6.07, 6.45) is 1.96. The van der Waals surface area contributed by atoms with E-state index in [1.165, 1.54) is 16.8 Å². The van der Waals surface area contributed by atoms with Crippen molar-refractivity contribution in [1.29, 1.82) is 5.26 Å². The summed E-state index contributed by atoms with van der Waals surface area (Å²) in [6, 6.07) is 20.9. The zero-order valence-corrected chi connectivity index (χ0v) is 14.3. The zero-order valence-electron chi connectivity index (χ0n) is 14.3. The molecule has 0 unspecified atom stereocenters. The lowest BCUT2D eigenvalue weighted by molar-refractivity contribution is 0.0987. The number of hydrogen-bond acceptors (Lipinski definition) is 3. The summed E-state index contributed by atoms with van der Waals surface area (Å²) in [5.74, 6) is 1.06. The second-order valence-corrected chi connectivity index (χ2v) is 6.62. The van der Waals surface area contributed by atoms with Crippen LogP contribution in [0.2, 0.25) is 0 Å². The fraction of sp³-hybridized carbons (Fsp3) is 0.238. The van der Waals surface area contributed by atoms with E-state index in [0.717, 1.165) is 25.5 Å². The summed E-state index contributed by atoms with van der Waals surface area (Å²) in [5.41, 5.74) is 4.35. The fourth-order valence-electron chi connectivity index (χ4n) is 3.49. The molecule has 1 saturated heterocycles. The van der Waals surface area contributed by atoms with Gasteiger partial charge in [-0.05, 0) is 24.6 Å². The van der Waals surface area contributed by atoms with Crippen LogP contribution in [0.5, 0.6) is 0 Å². The Balaban J connectivity index is 1.46. The highest BCUT2D eigenvalue weighted by Crippen LogP contribution is 2.30. The maximum Gasteiger partial charge on any atom is 0.140 e. The Morgan fingerprint density at radius 2 is 1.80 bits per heavy atom. The summed E-state index contributed by atoms with van der Waals surface area (Å²) >= 11 is 0. The summed E-state index contributed by atoms with van der Waals surface area (Å²) in [6.45, 7) is 5.10. The third-order valence-electron chi connectivity index (χ3n) is 4.81. The van der Waals surface area contributed by atoms with Gasteiger partial charge in [0.05, 0.1) is 17.7 Å². The maximum atomic E-state index is 8.88. The molecule has 0 radical (unpaired) electrons. The van der Waals surface area contributed by atoms with Crippen molar-refractivity contribution in [3.05, 3.63) is 77.6 Å². The minimum Gasteiger partial charge on any atom is -0.323 e. The van der Waals surface area contributed by atoms with Crippen molar-refractivity contribution in [2.45, 2.75) is 19.5 Å². The molecule has 124 valence electrons.